The highest BCUT2D eigenvalue weighted by atomic mass is 16.5. The predicted octanol–water partition coefficient (Wildman–Crippen LogP) is 2.59. The van der Waals surface area contributed by atoms with E-state index in [0.717, 1.165) is 81.6 Å². The van der Waals surface area contributed by atoms with E-state index in [0.29, 0.717) is 0 Å². The van der Waals surface area contributed by atoms with Crippen LogP contribution in [-0.4, -0.2) is 96.2 Å². The van der Waals surface area contributed by atoms with Crippen LogP contribution in [0, 0.1) is 0 Å². The molecule has 3 aromatic rings. The fourth-order valence-electron chi connectivity index (χ4n) is 5.01. The van der Waals surface area contributed by atoms with Gasteiger partial charge < -0.3 is 19.9 Å². The Morgan fingerprint density at radius 2 is 1.83 bits per heavy atom. The molecule has 0 radical (unpaired) electrons. The average Bonchev–Trinajstić information content (AvgIpc) is 3.57. The maximum Gasteiger partial charge on any atom is 0.242 e. The lowest BCUT2D eigenvalue weighted by atomic mass is 10.1. The van der Waals surface area contributed by atoms with Crippen molar-refractivity contribution in [2.45, 2.75) is 19.3 Å². The van der Waals surface area contributed by atoms with Crippen LogP contribution in [0.5, 0.6) is 0 Å². The molecule has 2 aliphatic heterocycles. The molecule has 2 aliphatic rings. The van der Waals surface area contributed by atoms with Crippen molar-refractivity contribution in [2.24, 2.45) is 0 Å². The second-order valence-electron chi connectivity index (χ2n) is 9.28. The van der Waals surface area contributed by atoms with Gasteiger partial charge in [0.1, 0.15) is 11.5 Å². The average molecular weight is 478 g/mol. The highest BCUT2D eigenvalue weighted by Gasteiger charge is 2.22. The van der Waals surface area contributed by atoms with E-state index in [1.54, 1.807) is 19.5 Å². The van der Waals surface area contributed by atoms with Gasteiger partial charge in [-0.15, -0.1) is 0 Å². The number of anilines is 2. The van der Waals surface area contributed by atoms with Crippen LogP contribution in [0.4, 0.5) is 11.5 Å². The molecule has 5 rings (SSSR count). The first kappa shape index (κ1) is 23.6. The summed E-state index contributed by atoms with van der Waals surface area (Å²) in [6.45, 7) is 7.61. The largest absolute Gasteiger partial charge is 0.385 e. The molecule has 4 heterocycles. The highest BCUT2D eigenvalue weighted by molar-refractivity contribution is 5.84. The molecule has 1 amide bonds. The van der Waals surface area contributed by atoms with Crippen molar-refractivity contribution in [3.63, 3.8) is 0 Å². The van der Waals surface area contributed by atoms with Gasteiger partial charge in [-0.2, -0.15) is 0 Å². The summed E-state index contributed by atoms with van der Waals surface area (Å²) in [4.78, 5) is 28.8. The lowest BCUT2D eigenvalue weighted by molar-refractivity contribution is -0.131. The number of ether oxygens (including phenoxy) is 1. The van der Waals surface area contributed by atoms with Crippen LogP contribution in [0.15, 0.2) is 42.9 Å². The quantitative estimate of drug-likeness (QED) is 0.475. The maximum atomic E-state index is 13.0. The molecular weight excluding hydrogens is 442 g/mol. The summed E-state index contributed by atoms with van der Waals surface area (Å²) in [5.41, 5.74) is 3.87. The van der Waals surface area contributed by atoms with Gasteiger partial charge in [-0.1, -0.05) is 12.1 Å². The summed E-state index contributed by atoms with van der Waals surface area (Å²) in [7, 11) is 1.74. The molecule has 2 fully saturated rings. The molecule has 2 aromatic heterocycles. The number of rotatable bonds is 9. The van der Waals surface area contributed by atoms with E-state index in [2.05, 4.69) is 44.4 Å². The lowest BCUT2D eigenvalue weighted by Crippen LogP contribution is -2.50. The van der Waals surface area contributed by atoms with Gasteiger partial charge in [0.25, 0.3) is 0 Å². The normalized spacial score (nSPS) is 16.8. The van der Waals surface area contributed by atoms with Crippen LogP contribution in [0.3, 0.4) is 0 Å². The molecule has 0 atom stereocenters. The number of hydrogen-bond donors (Lipinski definition) is 1. The minimum atomic E-state index is 0.112. The minimum absolute atomic E-state index is 0.112. The Labute approximate surface area is 206 Å². The van der Waals surface area contributed by atoms with Crippen molar-refractivity contribution < 1.29 is 9.53 Å². The first-order valence-corrected chi connectivity index (χ1v) is 12.6. The van der Waals surface area contributed by atoms with Crippen LogP contribution >= 0.6 is 0 Å². The zero-order chi connectivity index (χ0) is 24.0. The molecule has 35 heavy (non-hydrogen) atoms. The third kappa shape index (κ3) is 5.41. The van der Waals surface area contributed by atoms with Crippen LogP contribution < -0.4 is 10.2 Å². The van der Waals surface area contributed by atoms with Gasteiger partial charge in [0, 0.05) is 83.2 Å². The van der Waals surface area contributed by atoms with E-state index >= 15 is 0 Å². The van der Waals surface area contributed by atoms with Gasteiger partial charge in [0.05, 0.1) is 12.7 Å². The number of imidazole rings is 1. The number of nitrogens with zero attached hydrogens (tertiary/aromatic N) is 6. The van der Waals surface area contributed by atoms with Gasteiger partial charge in [-0.05, 0) is 31.4 Å². The fourth-order valence-corrected chi connectivity index (χ4v) is 5.01. The van der Waals surface area contributed by atoms with Crippen LogP contribution in [-0.2, 0) is 9.53 Å². The van der Waals surface area contributed by atoms with E-state index in [1.807, 2.05) is 15.5 Å². The lowest BCUT2D eigenvalue weighted by Gasteiger charge is -2.34. The molecule has 0 unspecified atom stereocenters. The van der Waals surface area contributed by atoms with Crippen molar-refractivity contribution in [3.05, 3.63) is 42.9 Å². The van der Waals surface area contributed by atoms with Crippen molar-refractivity contribution in [1.82, 2.24) is 24.2 Å². The Hall–Kier alpha value is -3.17. The summed E-state index contributed by atoms with van der Waals surface area (Å²) >= 11 is 0. The highest BCUT2D eigenvalue weighted by Crippen LogP contribution is 2.30. The summed E-state index contributed by atoms with van der Waals surface area (Å²) in [6.07, 6.45) is 8.91. The summed E-state index contributed by atoms with van der Waals surface area (Å²) in [5, 5.41) is 3.40. The number of nitrogens with one attached hydrogen (secondary N) is 1. The summed E-state index contributed by atoms with van der Waals surface area (Å²) in [5.74, 6) is 0.934. The van der Waals surface area contributed by atoms with Gasteiger partial charge in [-0.3, -0.25) is 19.1 Å². The molecular formula is C26H35N7O2. The summed E-state index contributed by atoms with van der Waals surface area (Å²) in [6, 6.07) is 8.59. The van der Waals surface area contributed by atoms with E-state index < -0.39 is 0 Å². The number of amides is 1. The van der Waals surface area contributed by atoms with Crippen molar-refractivity contribution >= 4 is 23.1 Å². The number of piperazine rings is 1. The molecule has 0 spiro atoms. The zero-order valence-corrected chi connectivity index (χ0v) is 20.5. The Bertz CT molecular complexity index is 1120. The second kappa shape index (κ2) is 11.0. The number of carbonyl (C=O) groups is 1. The molecule has 1 aromatic carbocycles. The number of hydrogen-bond acceptors (Lipinski definition) is 7. The number of carbonyl (C=O) groups excluding carboxylic acids is 1. The molecule has 186 valence electrons. The molecule has 9 heteroatoms. The SMILES string of the molecule is COCCCN1CCN(C(=O)CNc2c(-c3ccc(N4CCCC4)cc3)nc3cnccn23)CC1. The first-order chi connectivity index (χ1) is 17.2. The fraction of sp³-hybridized carbons (Fsp3) is 0.500. The molecule has 1 N–H and O–H groups in total. The van der Waals surface area contributed by atoms with Crippen LogP contribution in [0.1, 0.15) is 19.3 Å². The smallest absolute Gasteiger partial charge is 0.242 e. The minimum Gasteiger partial charge on any atom is -0.385 e. The van der Waals surface area contributed by atoms with Crippen molar-refractivity contribution in [3.8, 4) is 11.3 Å². The van der Waals surface area contributed by atoms with E-state index in [-0.39, 0.29) is 12.5 Å². The third-order valence-corrected chi connectivity index (χ3v) is 7.00. The van der Waals surface area contributed by atoms with Gasteiger partial charge in [0.2, 0.25) is 5.91 Å². The number of fused-ring (bicyclic) bond motifs is 1. The molecule has 0 saturated carbocycles. The van der Waals surface area contributed by atoms with Crippen molar-refractivity contribution in [1.29, 1.82) is 0 Å². The summed E-state index contributed by atoms with van der Waals surface area (Å²) < 4.78 is 7.12. The number of methoxy groups -OCH3 is 1. The monoisotopic (exact) mass is 477 g/mol. The van der Waals surface area contributed by atoms with Gasteiger partial charge in [-0.25, -0.2) is 4.98 Å². The second-order valence-corrected chi connectivity index (χ2v) is 9.28. The molecule has 0 aliphatic carbocycles. The van der Waals surface area contributed by atoms with Gasteiger partial charge in [0.15, 0.2) is 5.65 Å². The Balaban J connectivity index is 1.26. The van der Waals surface area contributed by atoms with E-state index in [9.17, 15) is 4.79 Å². The third-order valence-electron chi connectivity index (χ3n) is 7.00. The van der Waals surface area contributed by atoms with E-state index in [1.165, 1.54) is 18.5 Å². The topological polar surface area (TPSA) is 78.2 Å². The Morgan fingerprint density at radius 1 is 1.06 bits per heavy atom. The zero-order valence-electron chi connectivity index (χ0n) is 20.5. The molecule has 2 saturated heterocycles. The van der Waals surface area contributed by atoms with E-state index in [4.69, 9.17) is 9.72 Å². The maximum absolute atomic E-state index is 13.0. The predicted molar refractivity (Wildman–Crippen MR) is 138 cm³/mol. The Kier molecular flexibility index (Phi) is 7.44. The first-order valence-electron chi connectivity index (χ1n) is 12.6. The molecule has 0 bridgehead atoms. The van der Waals surface area contributed by atoms with Crippen molar-refractivity contribution in [2.75, 3.05) is 76.3 Å². The Morgan fingerprint density at radius 3 is 2.57 bits per heavy atom. The van der Waals surface area contributed by atoms with Crippen LogP contribution in [0.25, 0.3) is 16.9 Å². The standard InChI is InChI=1S/C26H35N7O2/c1-35-18-4-10-30-14-16-32(17-15-30)24(34)20-28-26-25(29-23-19-27-9-13-33(23)26)21-5-7-22(8-6-21)31-11-2-3-12-31/h5-9,13,19,28H,2-4,10-12,14-18,20H2,1H3. The van der Waals surface area contributed by atoms with Crippen LogP contribution in [0.2, 0.25) is 0 Å². The number of benzene rings is 1. The molecule has 9 nitrogen and oxygen atoms in total. The van der Waals surface area contributed by atoms with Gasteiger partial charge >= 0.3 is 0 Å². The number of aromatic nitrogens is 3.